The number of pyridine rings is 1. The number of hydrogen-bond donors (Lipinski definition) is 0. The maximum atomic E-state index is 11.8. The van der Waals surface area contributed by atoms with E-state index in [1.165, 1.54) is 37.4 Å². The highest BCUT2D eigenvalue weighted by molar-refractivity contribution is 5.92. The third-order valence-electron chi connectivity index (χ3n) is 2.70. The summed E-state index contributed by atoms with van der Waals surface area (Å²) in [7, 11) is 0. The second kappa shape index (κ2) is 6.08. The van der Waals surface area contributed by atoms with Gasteiger partial charge in [-0.2, -0.15) is 0 Å². The summed E-state index contributed by atoms with van der Waals surface area (Å²) in [6, 6.07) is 5.94. The highest BCUT2D eigenvalue weighted by atomic mass is 16.5. The summed E-state index contributed by atoms with van der Waals surface area (Å²) in [5.74, 6) is -0.770. The van der Waals surface area contributed by atoms with Crippen LogP contribution in [-0.2, 0) is 4.74 Å². The third-order valence-corrected chi connectivity index (χ3v) is 2.70. The SMILES string of the molecule is CCOC(=O)c1ccc(-c2ccc(C(C)=O)n[n+]2[O-])nc1. The molecule has 0 radical (unpaired) electrons. The zero-order valence-electron chi connectivity index (χ0n) is 11.6. The van der Waals surface area contributed by atoms with Crippen LogP contribution in [0.15, 0.2) is 30.5 Å². The van der Waals surface area contributed by atoms with Gasteiger partial charge in [0.1, 0.15) is 5.69 Å². The molecule has 0 spiro atoms. The van der Waals surface area contributed by atoms with Crippen molar-refractivity contribution in [2.45, 2.75) is 13.8 Å². The van der Waals surface area contributed by atoms with Gasteiger partial charge in [-0.3, -0.25) is 4.79 Å². The molecule has 7 nitrogen and oxygen atoms in total. The van der Waals surface area contributed by atoms with Crippen molar-refractivity contribution in [2.75, 3.05) is 6.61 Å². The van der Waals surface area contributed by atoms with Gasteiger partial charge in [-0.25, -0.2) is 9.78 Å². The topological polar surface area (TPSA) is 96.1 Å². The molecule has 0 aliphatic heterocycles. The van der Waals surface area contributed by atoms with Crippen LogP contribution >= 0.6 is 0 Å². The van der Waals surface area contributed by atoms with Gasteiger partial charge in [-0.1, -0.05) is 0 Å². The second-order valence-electron chi connectivity index (χ2n) is 4.19. The Balaban J connectivity index is 2.31. The van der Waals surface area contributed by atoms with Gasteiger partial charge in [-0.15, -0.1) is 0 Å². The molecule has 0 N–H and O–H groups in total. The summed E-state index contributed by atoms with van der Waals surface area (Å²) in [6.07, 6.45) is 1.33. The number of carbonyl (C=O) groups excluding carboxylic acids is 2. The Bertz CT molecular complexity index is 683. The number of esters is 1. The largest absolute Gasteiger partial charge is 0.594 e. The normalized spacial score (nSPS) is 10.2. The average Bonchev–Trinajstić information content (AvgIpc) is 2.47. The van der Waals surface area contributed by atoms with Crippen LogP contribution in [0.5, 0.6) is 0 Å². The van der Waals surface area contributed by atoms with Crippen LogP contribution in [0, 0.1) is 5.21 Å². The first-order chi connectivity index (χ1) is 10.0. The Hall–Kier alpha value is -2.83. The van der Waals surface area contributed by atoms with Gasteiger partial charge < -0.3 is 9.94 Å². The zero-order chi connectivity index (χ0) is 15.4. The average molecular weight is 287 g/mol. The third kappa shape index (κ3) is 3.19. The number of Topliss-reactive ketones (excluding diaryl/α,β-unsaturated/α-hetero) is 1. The van der Waals surface area contributed by atoms with Crippen LogP contribution in [0.25, 0.3) is 11.4 Å². The highest BCUT2D eigenvalue weighted by Gasteiger charge is 2.16. The van der Waals surface area contributed by atoms with Crippen LogP contribution in [0.3, 0.4) is 0 Å². The maximum absolute atomic E-state index is 11.8. The van der Waals surface area contributed by atoms with Crippen molar-refractivity contribution in [1.82, 2.24) is 10.1 Å². The van der Waals surface area contributed by atoms with Crippen molar-refractivity contribution in [3.05, 3.63) is 46.9 Å². The molecule has 0 bridgehead atoms. The first-order valence-electron chi connectivity index (χ1n) is 6.28. The van der Waals surface area contributed by atoms with E-state index in [2.05, 4.69) is 10.1 Å². The summed E-state index contributed by atoms with van der Waals surface area (Å²) < 4.78 is 4.84. The molecule has 0 amide bonds. The van der Waals surface area contributed by atoms with Crippen LogP contribution in [-0.4, -0.2) is 28.4 Å². The molecular formula is C14H13N3O4. The van der Waals surface area contributed by atoms with Crippen molar-refractivity contribution in [3.8, 4) is 11.4 Å². The van der Waals surface area contributed by atoms with Gasteiger partial charge in [0, 0.05) is 24.3 Å². The molecule has 0 saturated carbocycles. The van der Waals surface area contributed by atoms with Gasteiger partial charge in [0.15, 0.2) is 11.5 Å². The van der Waals surface area contributed by atoms with E-state index in [1.54, 1.807) is 6.92 Å². The highest BCUT2D eigenvalue weighted by Crippen LogP contribution is 2.13. The molecule has 0 aromatic carbocycles. The summed E-state index contributed by atoms with van der Waals surface area (Å²) in [4.78, 5) is 27.0. The van der Waals surface area contributed by atoms with Crippen LogP contribution < -0.4 is 4.85 Å². The molecule has 108 valence electrons. The standard InChI is InChI=1S/C14H13N3O4/c1-3-21-14(19)10-4-5-12(15-8-10)13-7-6-11(9(2)18)16-17(13)20/h4-8H,3H2,1-2H3. The Kier molecular flexibility index (Phi) is 4.22. The predicted octanol–water partition coefficient (Wildman–Crippen LogP) is 1.16. The molecule has 0 aliphatic rings. The first-order valence-corrected chi connectivity index (χ1v) is 6.28. The van der Waals surface area contributed by atoms with E-state index >= 15 is 0 Å². The van der Waals surface area contributed by atoms with Crippen molar-refractivity contribution in [2.24, 2.45) is 0 Å². The predicted molar refractivity (Wildman–Crippen MR) is 72.4 cm³/mol. The lowest BCUT2D eigenvalue weighted by molar-refractivity contribution is -0.658. The Morgan fingerprint density at radius 2 is 2.05 bits per heavy atom. The minimum Gasteiger partial charge on any atom is -0.594 e. The van der Waals surface area contributed by atoms with E-state index < -0.39 is 5.97 Å². The Morgan fingerprint density at radius 1 is 1.29 bits per heavy atom. The lowest BCUT2D eigenvalue weighted by Crippen LogP contribution is -2.35. The Morgan fingerprint density at radius 3 is 2.57 bits per heavy atom. The van der Waals surface area contributed by atoms with Crippen molar-refractivity contribution >= 4 is 11.8 Å². The van der Waals surface area contributed by atoms with Crippen LogP contribution in [0.2, 0.25) is 0 Å². The summed E-state index contributed by atoms with van der Waals surface area (Å²) in [5.41, 5.74) is 0.916. The number of ether oxygens (including phenoxy) is 1. The molecule has 0 aliphatic carbocycles. The minimum absolute atomic E-state index is 0.0805. The van der Waals surface area contributed by atoms with E-state index in [9.17, 15) is 14.8 Å². The van der Waals surface area contributed by atoms with Gasteiger partial charge >= 0.3 is 5.97 Å². The molecule has 7 heteroatoms. The zero-order valence-corrected chi connectivity index (χ0v) is 11.6. The molecule has 21 heavy (non-hydrogen) atoms. The van der Waals surface area contributed by atoms with Gasteiger partial charge in [0.25, 0.3) is 5.69 Å². The first kappa shape index (κ1) is 14.6. The smallest absolute Gasteiger partial charge is 0.339 e. The van der Waals surface area contributed by atoms with Gasteiger partial charge in [-0.05, 0) is 30.0 Å². The molecule has 2 aromatic heterocycles. The van der Waals surface area contributed by atoms with Crippen molar-refractivity contribution in [1.29, 1.82) is 0 Å². The number of hydrogen-bond acceptors (Lipinski definition) is 6. The van der Waals surface area contributed by atoms with Gasteiger partial charge in [0.05, 0.1) is 12.2 Å². The number of rotatable bonds is 4. The lowest BCUT2D eigenvalue weighted by atomic mass is 10.2. The number of ketones is 1. The molecule has 0 fully saturated rings. The fraction of sp³-hybridized carbons (Fsp3) is 0.214. The summed E-state index contributed by atoms with van der Waals surface area (Å²) >= 11 is 0. The molecule has 2 aromatic rings. The lowest BCUT2D eigenvalue weighted by Gasteiger charge is -2.04. The van der Waals surface area contributed by atoms with E-state index in [0.29, 0.717) is 16.1 Å². The molecule has 0 atom stereocenters. The van der Waals surface area contributed by atoms with Crippen LogP contribution in [0.1, 0.15) is 34.7 Å². The second-order valence-corrected chi connectivity index (χ2v) is 4.19. The fourth-order valence-electron chi connectivity index (χ4n) is 1.66. The molecule has 2 rings (SSSR count). The van der Waals surface area contributed by atoms with Crippen molar-refractivity contribution in [3.63, 3.8) is 0 Å². The number of carbonyl (C=O) groups is 2. The number of nitrogens with zero attached hydrogens (tertiary/aromatic N) is 3. The fourth-order valence-corrected chi connectivity index (χ4v) is 1.66. The summed E-state index contributed by atoms with van der Waals surface area (Å²) in [5, 5.41) is 15.4. The Labute approximate surface area is 120 Å². The van der Waals surface area contributed by atoms with E-state index in [0.717, 1.165) is 0 Å². The molecular weight excluding hydrogens is 274 g/mol. The van der Waals surface area contributed by atoms with Gasteiger partial charge in [0.2, 0.25) is 0 Å². The maximum Gasteiger partial charge on any atom is 0.339 e. The van der Waals surface area contributed by atoms with Crippen molar-refractivity contribution < 1.29 is 19.2 Å². The molecule has 2 heterocycles. The summed E-state index contributed by atoms with van der Waals surface area (Å²) in [6.45, 7) is 3.31. The number of aromatic nitrogens is 3. The molecule has 0 unspecified atom stereocenters. The quantitative estimate of drug-likeness (QED) is 0.362. The van der Waals surface area contributed by atoms with Crippen LogP contribution in [0.4, 0.5) is 0 Å². The monoisotopic (exact) mass is 287 g/mol. The molecule has 0 saturated heterocycles. The van der Waals surface area contributed by atoms with E-state index in [-0.39, 0.29) is 23.8 Å². The van der Waals surface area contributed by atoms with E-state index in [1.807, 2.05) is 0 Å². The van der Waals surface area contributed by atoms with E-state index in [4.69, 9.17) is 4.74 Å². The minimum atomic E-state index is -0.475.